The molecule has 1 aliphatic heterocycles. The first-order valence-electron chi connectivity index (χ1n) is 10.6. The van der Waals surface area contributed by atoms with E-state index in [2.05, 4.69) is 49.9 Å². The van der Waals surface area contributed by atoms with E-state index in [4.69, 9.17) is 0 Å². The van der Waals surface area contributed by atoms with Crippen molar-refractivity contribution in [3.05, 3.63) is 65.7 Å². The largest absolute Gasteiger partial charge is 0.350 e. The summed E-state index contributed by atoms with van der Waals surface area (Å²) in [5, 5.41) is 15.2. The van der Waals surface area contributed by atoms with Gasteiger partial charge in [-0.2, -0.15) is 4.80 Å². The molecule has 0 spiro atoms. The second-order valence-electron chi connectivity index (χ2n) is 7.77. The van der Waals surface area contributed by atoms with Crippen molar-refractivity contribution in [3.8, 4) is 11.4 Å². The Morgan fingerprint density at radius 2 is 1.70 bits per heavy atom. The van der Waals surface area contributed by atoms with E-state index in [1.54, 1.807) is 7.05 Å². The predicted octanol–water partition coefficient (Wildman–Crippen LogP) is 3.22. The number of benzene rings is 2. The molecule has 1 atom stereocenters. The van der Waals surface area contributed by atoms with Crippen molar-refractivity contribution in [3.63, 3.8) is 0 Å². The average Bonchev–Trinajstić information content (AvgIpc) is 3.05. The van der Waals surface area contributed by atoms with Crippen LogP contribution in [0.5, 0.6) is 0 Å². The van der Waals surface area contributed by atoms with Crippen molar-refractivity contribution < 1.29 is 4.79 Å². The van der Waals surface area contributed by atoms with Gasteiger partial charge in [-0.25, -0.2) is 0 Å². The molecule has 1 amide bonds. The zero-order chi connectivity index (χ0) is 20.8. The lowest BCUT2D eigenvalue weighted by Crippen LogP contribution is -2.38. The molecule has 1 aliphatic rings. The van der Waals surface area contributed by atoms with Crippen LogP contribution in [0.25, 0.3) is 11.4 Å². The molecule has 1 saturated heterocycles. The maximum absolute atomic E-state index is 12.8. The molecular weight excluding hydrogens is 376 g/mol. The van der Waals surface area contributed by atoms with E-state index < -0.39 is 0 Å². The van der Waals surface area contributed by atoms with Gasteiger partial charge in [0.1, 0.15) is 0 Å². The van der Waals surface area contributed by atoms with E-state index in [0.29, 0.717) is 17.9 Å². The number of likely N-dealkylation sites (tertiary alicyclic amines) is 1. The molecule has 1 N–H and O–H groups in total. The molecule has 4 rings (SSSR count). The van der Waals surface area contributed by atoms with Gasteiger partial charge in [0.2, 0.25) is 5.82 Å². The molecule has 30 heavy (non-hydrogen) atoms. The van der Waals surface area contributed by atoms with Crippen LogP contribution < -0.4 is 5.32 Å². The lowest BCUT2D eigenvalue weighted by molar-refractivity contribution is 0.0933. The number of hydrogen-bond donors (Lipinski definition) is 1. The maximum atomic E-state index is 12.8. The summed E-state index contributed by atoms with van der Waals surface area (Å²) in [5.74, 6) is 0.485. The van der Waals surface area contributed by atoms with Gasteiger partial charge in [-0.1, -0.05) is 55.3 Å². The van der Waals surface area contributed by atoms with Gasteiger partial charge in [0.25, 0.3) is 5.91 Å². The molecule has 0 saturated carbocycles. The second-order valence-corrected chi connectivity index (χ2v) is 7.77. The third-order valence-electron chi connectivity index (χ3n) is 5.64. The Labute approximate surface area is 177 Å². The summed E-state index contributed by atoms with van der Waals surface area (Å²) < 4.78 is 0. The fourth-order valence-corrected chi connectivity index (χ4v) is 4.00. The normalized spacial score (nSPS) is 16.0. The van der Waals surface area contributed by atoms with Gasteiger partial charge in [-0.05, 0) is 48.8 Å². The van der Waals surface area contributed by atoms with Crippen molar-refractivity contribution in [1.82, 2.24) is 30.4 Å². The van der Waals surface area contributed by atoms with E-state index in [1.165, 1.54) is 36.0 Å². The van der Waals surface area contributed by atoms with Gasteiger partial charge in [0, 0.05) is 17.7 Å². The molecule has 3 aromatic rings. The van der Waals surface area contributed by atoms with Crippen LogP contribution in [-0.2, 0) is 7.05 Å². The Morgan fingerprint density at radius 1 is 1.00 bits per heavy atom. The molecule has 0 bridgehead atoms. The molecule has 2 heterocycles. The van der Waals surface area contributed by atoms with Crippen LogP contribution in [0.3, 0.4) is 0 Å². The van der Waals surface area contributed by atoms with Crippen molar-refractivity contribution in [2.45, 2.75) is 31.7 Å². The minimum absolute atomic E-state index is 0.0654. The summed E-state index contributed by atoms with van der Waals surface area (Å²) >= 11 is 0. The Balaban J connectivity index is 1.44. The van der Waals surface area contributed by atoms with Crippen LogP contribution in [0.1, 0.15) is 47.6 Å². The van der Waals surface area contributed by atoms with Crippen molar-refractivity contribution in [2.75, 3.05) is 19.6 Å². The molecule has 1 aromatic heterocycles. The van der Waals surface area contributed by atoms with Crippen LogP contribution in [0, 0.1) is 0 Å². The minimum Gasteiger partial charge on any atom is -0.350 e. The molecular formula is C23H28N6O. The lowest BCUT2D eigenvalue weighted by atomic mass is 10.0. The number of carbonyl (C=O) groups excluding carboxylic acids is 1. The summed E-state index contributed by atoms with van der Waals surface area (Å²) in [4.78, 5) is 16.7. The number of tetrazole rings is 1. The highest BCUT2D eigenvalue weighted by Gasteiger charge is 2.22. The van der Waals surface area contributed by atoms with Crippen LogP contribution in [0.2, 0.25) is 0 Å². The second kappa shape index (κ2) is 9.63. The number of hydrogen-bond acceptors (Lipinski definition) is 5. The molecule has 0 radical (unpaired) electrons. The number of nitrogens with one attached hydrogen (secondary N) is 1. The van der Waals surface area contributed by atoms with Gasteiger partial charge in [-0.3, -0.25) is 9.69 Å². The molecule has 0 aliphatic carbocycles. The first-order chi connectivity index (χ1) is 14.7. The average molecular weight is 405 g/mol. The van der Waals surface area contributed by atoms with Crippen molar-refractivity contribution >= 4 is 5.91 Å². The van der Waals surface area contributed by atoms with Crippen molar-refractivity contribution in [1.29, 1.82) is 0 Å². The number of aryl methyl sites for hydroxylation is 1. The highest BCUT2D eigenvalue weighted by Crippen LogP contribution is 2.24. The van der Waals surface area contributed by atoms with Gasteiger partial charge in [0.15, 0.2) is 0 Å². The van der Waals surface area contributed by atoms with E-state index in [0.717, 1.165) is 18.7 Å². The van der Waals surface area contributed by atoms with E-state index in [1.807, 2.05) is 30.3 Å². The Kier molecular flexibility index (Phi) is 6.49. The van der Waals surface area contributed by atoms with Gasteiger partial charge < -0.3 is 5.32 Å². The Morgan fingerprint density at radius 3 is 2.33 bits per heavy atom. The topological polar surface area (TPSA) is 75.9 Å². The molecule has 1 unspecified atom stereocenters. The predicted molar refractivity (Wildman–Crippen MR) is 116 cm³/mol. The minimum atomic E-state index is -0.0654. The quantitative estimate of drug-likeness (QED) is 0.683. The Bertz CT molecular complexity index is 945. The Hall–Kier alpha value is -3.06. The summed E-state index contributed by atoms with van der Waals surface area (Å²) in [5.41, 5.74) is 2.72. The van der Waals surface area contributed by atoms with Gasteiger partial charge in [-0.15, -0.1) is 10.2 Å². The van der Waals surface area contributed by atoms with Crippen LogP contribution in [-0.4, -0.2) is 50.6 Å². The summed E-state index contributed by atoms with van der Waals surface area (Å²) in [6, 6.07) is 18.0. The molecule has 2 aromatic carbocycles. The third kappa shape index (κ3) is 4.91. The van der Waals surface area contributed by atoms with Gasteiger partial charge >= 0.3 is 0 Å². The standard InChI is InChI=1S/C23H28N6O/c1-28-26-22(25-27-28)19-11-13-20(14-12-19)23(30)24-17-21(18-9-5-4-6-10-18)29-15-7-2-3-8-16-29/h4-6,9-14,21H,2-3,7-8,15-17H2,1H3,(H,24,30). The third-order valence-corrected chi connectivity index (χ3v) is 5.64. The summed E-state index contributed by atoms with van der Waals surface area (Å²) in [7, 11) is 1.73. The monoisotopic (exact) mass is 404 g/mol. The van der Waals surface area contributed by atoms with Crippen LogP contribution in [0.15, 0.2) is 54.6 Å². The van der Waals surface area contributed by atoms with Crippen molar-refractivity contribution in [2.24, 2.45) is 7.05 Å². The highest BCUT2D eigenvalue weighted by molar-refractivity contribution is 5.94. The van der Waals surface area contributed by atoms with Crippen LogP contribution in [0.4, 0.5) is 0 Å². The number of nitrogens with zero attached hydrogens (tertiary/aromatic N) is 5. The zero-order valence-electron chi connectivity index (χ0n) is 17.4. The number of carbonyl (C=O) groups is 1. The van der Waals surface area contributed by atoms with Crippen LogP contribution >= 0.6 is 0 Å². The first-order valence-corrected chi connectivity index (χ1v) is 10.6. The zero-order valence-corrected chi connectivity index (χ0v) is 17.4. The number of amides is 1. The van der Waals surface area contributed by atoms with Gasteiger partial charge in [0.05, 0.1) is 13.1 Å². The molecule has 156 valence electrons. The van der Waals surface area contributed by atoms with E-state index >= 15 is 0 Å². The fraction of sp³-hybridized carbons (Fsp3) is 0.391. The summed E-state index contributed by atoms with van der Waals surface area (Å²) in [6.45, 7) is 2.75. The smallest absolute Gasteiger partial charge is 0.251 e. The number of rotatable bonds is 6. The number of aromatic nitrogens is 4. The summed E-state index contributed by atoms with van der Waals surface area (Å²) in [6.07, 6.45) is 5.01. The lowest BCUT2D eigenvalue weighted by Gasteiger charge is -2.31. The van der Waals surface area contributed by atoms with E-state index in [-0.39, 0.29) is 11.9 Å². The first kappa shape index (κ1) is 20.2. The molecule has 1 fully saturated rings. The molecule has 7 nitrogen and oxygen atoms in total. The maximum Gasteiger partial charge on any atom is 0.251 e. The highest BCUT2D eigenvalue weighted by atomic mass is 16.1. The fourth-order valence-electron chi connectivity index (χ4n) is 4.00. The van der Waals surface area contributed by atoms with E-state index in [9.17, 15) is 4.79 Å². The SMILES string of the molecule is Cn1nnc(-c2ccc(C(=O)NCC(c3ccccc3)N3CCCCCC3)cc2)n1. The molecule has 7 heteroatoms.